The van der Waals surface area contributed by atoms with Gasteiger partial charge in [-0.05, 0) is 18.1 Å². The lowest BCUT2D eigenvalue weighted by Crippen LogP contribution is -2.12. The van der Waals surface area contributed by atoms with Gasteiger partial charge in [-0.1, -0.05) is 54.1 Å². The molecule has 19 heavy (non-hydrogen) atoms. The topological polar surface area (TPSA) is 63.3 Å². The molecule has 0 saturated carbocycles. The van der Waals surface area contributed by atoms with E-state index in [1.54, 1.807) is 36.4 Å². The second-order valence-corrected chi connectivity index (χ2v) is 4.58. The smallest absolute Gasteiger partial charge is 0.195 e. The van der Waals surface area contributed by atoms with Crippen molar-refractivity contribution in [2.75, 3.05) is 0 Å². The maximum Gasteiger partial charge on any atom is 0.195 e. The highest BCUT2D eigenvalue weighted by Gasteiger charge is 2.18. The van der Waals surface area contributed by atoms with E-state index in [1.165, 1.54) is 0 Å². The Morgan fingerprint density at radius 3 is 2.21 bits per heavy atom. The van der Waals surface area contributed by atoms with Crippen molar-refractivity contribution < 1.29 is 9.90 Å². The van der Waals surface area contributed by atoms with Gasteiger partial charge in [0.15, 0.2) is 5.78 Å². The molecule has 0 spiro atoms. The lowest BCUT2D eigenvalue weighted by molar-refractivity contribution is 0.0747. The van der Waals surface area contributed by atoms with Crippen LogP contribution < -0.4 is 5.73 Å². The minimum Gasteiger partial charge on any atom is -0.380 e. The van der Waals surface area contributed by atoms with Crippen LogP contribution in [0.25, 0.3) is 0 Å². The molecule has 0 heterocycles. The molecule has 3 heteroatoms. The molecule has 0 saturated heterocycles. The normalized spacial score (nSPS) is 12.2. The van der Waals surface area contributed by atoms with E-state index in [2.05, 4.69) is 0 Å². The molecule has 2 aromatic rings. The fourth-order valence-corrected chi connectivity index (χ4v) is 1.86. The molecule has 0 aliphatic heterocycles. The zero-order valence-corrected chi connectivity index (χ0v) is 10.8. The average molecular weight is 255 g/mol. The predicted octanol–water partition coefficient (Wildman–Crippen LogP) is 2.37. The number of aryl methyl sites for hydroxylation is 1. The molecule has 0 fully saturated rings. The number of nitrogens with two attached hydrogens (primary N) is 1. The number of hydrogen-bond acceptors (Lipinski definition) is 3. The molecular formula is C16H17NO2. The second-order valence-electron chi connectivity index (χ2n) is 4.58. The first-order valence-electron chi connectivity index (χ1n) is 6.19. The maximum atomic E-state index is 12.1. The molecule has 3 nitrogen and oxygen atoms in total. The Hall–Kier alpha value is -1.97. The monoisotopic (exact) mass is 255 g/mol. The van der Waals surface area contributed by atoms with E-state index >= 15 is 0 Å². The van der Waals surface area contributed by atoms with Crippen LogP contribution >= 0.6 is 0 Å². The Morgan fingerprint density at radius 1 is 1.11 bits per heavy atom. The van der Waals surface area contributed by atoms with Gasteiger partial charge in [0, 0.05) is 12.1 Å². The predicted molar refractivity (Wildman–Crippen MR) is 74.8 cm³/mol. The summed E-state index contributed by atoms with van der Waals surface area (Å²) >= 11 is 0. The fraction of sp³-hybridized carbons (Fsp3) is 0.188. The van der Waals surface area contributed by atoms with Crippen LogP contribution in [0.15, 0.2) is 48.5 Å². The third-order valence-corrected chi connectivity index (χ3v) is 3.12. The summed E-state index contributed by atoms with van der Waals surface area (Å²) in [5, 5.41) is 10.1. The molecule has 0 radical (unpaired) electrons. The minimum absolute atomic E-state index is 0.299. The van der Waals surface area contributed by atoms with Crippen LogP contribution in [0.2, 0.25) is 0 Å². The Labute approximate surface area is 112 Å². The average Bonchev–Trinajstić information content (AvgIpc) is 2.46. The highest BCUT2D eigenvalue weighted by molar-refractivity contribution is 5.99. The third-order valence-electron chi connectivity index (χ3n) is 3.12. The van der Waals surface area contributed by atoms with Gasteiger partial charge >= 0.3 is 0 Å². The number of carbonyl (C=O) groups is 1. The number of ketones is 1. The fourth-order valence-electron chi connectivity index (χ4n) is 1.86. The SMILES string of the molecule is Cc1ccc(C(O)C(=O)c2ccc(CN)cc2)cc1. The third kappa shape index (κ3) is 3.08. The van der Waals surface area contributed by atoms with Crippen molar-refractivity contribution in [2.45, 2.75) is 19.6 Å². The largest absolute Gasteiger partial charge is 0.380 e. The van der Waals surface area contributed by atoms with E-state index in [0.29, 0.717) is 17.7 Å². The van der Waals surface area contributed by atoms with Gasteiger partial charge in [0.25, 0.3) is 0 Å². The van der Waals surface area contributed by atoms with Crippen LogP contribution in [0.4, 0.5) is 0 Å². The zero-order chi connectivity index (χ0) is 13.8. The van der Waals surface area contributed by atoms with Crippen molar-refractivity contribution in [2.24, 2.45) is 5.73 Å². The van der Waals surface area contributed by atoms with Gasteiger partial charge in [-0.25, -0.2) is 0 Å². The number of hydrogen-bond donors (Lipinski definition) is 2. The molecule has 2 aromatic carbocycles. The lowest BCUT2D eigenvalue weighted by atomic mass is 9.98. The van der Waals surface area contributed by atoms with Crippen molar-refractivity contribution >= 4 is 5.78 Å². The summed E-state index contributed by atoms with van der Waals surface area (Å²) in [5.74, 6) is -0.299. The minimum atomic E-state index is -1.12. The Kier molecular flexibility index (Phi) is 4.10. The molecule has 98 valence electrons. The number of rotatable bonds is 4. The molecule has 0 aliphatic rings. The summed E-state index contributed by atoms with van der Waals surface area (Å²) in [5.41, 5.74) is 8.66. The van der Waals surface area contributed by atoms with Crippen molar-refractivity contribution in [3.8, 4) is 0 Å². The van der Waals surface area contributed by atoms with Crippen LogP contribution in [-0.2, 0) is 6.54 Å². The first-order chi connectivity index (χ1) is 9.11. The molecule has 3 N–H and O–H groups in total. The van der Waals surface area contributed by atoms with Gasteiger partial charge in [0.1, 0.15) is 6.10 Å². The van der Waals surface area contributed by atoms with Gasteiger partial charge in [-0.3, -0.25) is 4.79 Å². The van der Waals surface area contributed by atoms with E-state index in [9.17, 15) is 9.90 Å². The number of benzene rings is 2. The molecule has 0 aliphatic carbocycles. The van der Waals surface area contributed by atoms with Gasteiger partial charge in [0.2, 0.25) is 0 Å². The van der Waals surface area contributed by atoms with Gasteiger partial charge in [-0.2, -0.15) is 0 Å². The lowest BCUT2D eigenvalue weighted by Gasteiger charge is -2.10. The maximum absolute atomic E-state index is 12.1. The molecule has 0 aromatic heterocycles. The molecule has 1 unspecified atom stereocenters. The Morgan fingerprint density at radius 2 is 1.68 bits per heavy atom. The van der Waals surface area contributed by atoms with Crippen molar-refractivity contribution in [3.05, 3.63) is 70.8 Å². The molecular weight excluding hydrogens is 238 g/mol. The van der Waals surface area contributed by atoms with Crippen molar-refractivity contribution in [3.63, 3.8) is 0 Å². The first kappa shape index (κ1) is 13.5. The van der Waals surface area contributed by atoms with E-state index in [-0.39, 0.29) is 5.78 Å². The summed E-state index contributed by atoms with van der Waals surface area (Å²) in [6.45, 7) is 2.40. The summed E-state index contributed by atoms with van der Waals surface area (Å²) < 4.78 is 0. The first-order valence-corrected chi connectivity index (χ1v) is 6.19. The number of aliphatic hydroxyl groups is 1. The van der Waals surface area contributed by atoms with Crippen LogP contribution in [0, 0.1) is 6.92 Å². The van der Waals surface area contributed by atoms with Crippen LogP contribution in [0.1, 0.15) is 33.2 Å². The second kappa shape index (κ2) is 5.78. The van der Waals surface area contributed by atoms with E-state index in [4.69, 9.17) is 5.73 Å². The van der Waals surface area contributed by atoms with E-state index in [0.717, 1.165) is 11.1 Å². The van der Waals surface area contributed by atoms with E-state index in [1.807, 2.05) is 19.1 Å². The Balaban J connectivity index is 2.20. The highest BCUT2D eigenvalue weighted by Crippen LogP contribution is 2.19. The standard InChI is InChI=1S/C16H17NO2/c1-11-2-6-13(7-3-11)15(18)16(19)14-8-4-12(10-17)5-9-14/h2-9,15,18H,10,17H2,1H3. The zero-order valence-electron chi connectivity index (χ0n) is 10.8. The Bertz CT molecular complexity index is 558. The molecule has 0 bridgehead atoms. The number of aliphatic hydroxyl groups excluding tert-OH is 1. The van der Waals surface area contributed by atoms with Gasteiger partial charge < -0.3 is 10.8 Å². The summed E-state index contributed by atoms with van der Waals surface area (Å²) in [6.07, 6.45) is -1.12. The van der Waals surface area contributed by atoms with Crippen molar-refractivity contribution in [1.29, 1.82) is 0 Å². The van der Waals surface area contributed by atoms with E-state index < -0.39 is 6.10 Å². The van der Waals surface area contributed by atoms with Crippen LogP contribution in [-0.4, -0.2) is 10.9 Å². The van der Waals surface area contributed by atoms with Crippen LogP contribution in [0.5, 0.6) is 0 Å². The van der Waals surface area contributed by atoms with Crippen LogP contribution in [0.3, 0.4) is 0 Å². The number of Topliss-reactive ketones (excluding diaryl/α,β-unsaturated/α-hetero) is 1. The van der Waals surface area contributed by atoms with Gasteiger partial charge in [0.05, 0.1) is 0 Å². The number of carbonyl (C=O) groups excluding carboxylic acids is 1. The van der Waals surface area contributed by atoms with Crippen molar-refractivity contribution in [1.82, 2.24) is 0 Å². The summed E-state index contributed by atoms with van der Waals surface area (Å²) in [7, 11) is 0. The molecule has 0 amide bonds. The summed E-state index contributed by atoms with van der Waals surface area (Å²) in [4.78, 5) is 12.1. The van der Waals surface area contributed by atoms with Gasteiger partial charge in [-0.15, -0.1) is 0 Å². The molecule has 2 rings (SSSR count). The summed E-state index contributed by atoms with van der Waals surface area (Å²) in [6, 6.07) is 14.3. The quantitative estimate of drug-likeness (QED) is 0.824. The highest BCUT2D eigenvalue weighted by atomic mass is 16.3. The molecule has 1 atom stereocenters.